The number of benzene rings is 4. The largest absolute Gasteiger partial charge is 1.00 e. The molecule has 0 N–H and O–H groups in total. The summed E-state index contributed by atoms with van der Waals surface area (Å²) < 4.78 is 17.5. The van der Waals surface area contributed by atoms with Crippen LogP contribution in [-0.2, 0) is 13.2 Å². The van der Waals surface area contributed by atoms with E-state index in [1.54, 1.807) is 18.2 Å². The molecule has 4 aromatic rings. The Balaban J connectivity index is 0.00000342. The van der Waals surface area contributed by atoms with Gasteiger partial charge in [-0.2, -0.15) is 5.30 Å². The first-order valence-electron chi connectivity index (χ1n) is 10.7. The number of ether oxygens (including phenoxy) is 3. The summed E-state index contributed by atoms with van der Waals surface area (Å²) in [4.78, 5) is 13.2. The minimum Gasteiger partial charge on any atom is -0.496 e. The number of rotatable bonds is 10. The summed E-state index contributed by atoms with van der Waals surface area (Å²) in [6.07, 6.45) is 0. The summed E-state index contributed by atoms with van der Waals surface area (Å²) in [5.74, 6) is 1.68. The van der Waals surface area contributed by atoms with Gasteiger partial charge in [0, 0.05) is 17.2 Å². The molecule has 172 valence electrons. The predicted octanol–water partition coefficient (Wildman–Crippen LogP) is 3.92. The van der Waals surface area contributed by atoms with Gasteiger partial charge in [0.25, 0.3) is 0 Å². The second-order valence-corrected chi connectivity index (χ2v) is 8.93. The second kappa shape index (κ2) is 13.4. The summed E-state index contributed by atoms with van der Waals surface area (Å²) in [5.41, 5.74) is 2.27. The van der Waals surface area contributed by atoms with Gasteiger partial charge in [-0.05, 0) is 29.3 Å². The molecular weight excluding hydrogens is 474 g/mol. The van der Waals surface area contributed by atoms with E-state index in [4.69, 9.17) is 25.8 Å². The van der Waals surface area contributed by atoms with Crippen molar-refractivity contribution in [2.45, 2.75) is 13.2 Å². The van der Waals surface area contributed by atoms with Crippen molar-refractivity contribution in [2.75, 3.05) is 7.11 Å². The van der Waals surface area contributed by atoms with Crippen LogP contribution in [0.1, 0.15) is 21.5 Å². The number of carbonyl (C=O) groups is 1. The van der Waals surface area contributed by atoms with Crippen LogP contribution in [0.5, 0.6) is 17.2 Å². The van der Waals surface area contributed by atoms with Gasteiger partial charge in [-0.25, -0.2) is 0 Å². The molecule has 7 heteroatoms. The molecule has 4 rings (SSSR count). The standard InChI is InChI=1S/C28H23ClO4P.Li/c1-31-24-14-8-13-23(29)27(24)28(30)34-26-16-15-22(32-18-20-9-4-2-5-10-20)17-25(26)33-19-21-11-6-3-7-12-21;/h2-17H,18-19H2,1H3;/q-1;+1. The number of halogens is 1. The van der Waals surface area contributed by atoms with E-state index in [2.05, 4.69) is 0 Å². The molecule has 4 nitrogen and oxygen atoms in total. The Labute approximate surface area is 224 Å². The Kier molecular flexibility index (Phi) is 10.3. The summed E-state index contributed by atoms with van der Waals surface area (Å²) in [5, 5.41) is 1.07. The van der Waals surface area contributed by atoms with Crippen molar-refractivity contribution >= 4 is 31.0 Å². The number of hydrogen-bond acceptors (Lipinski definition) is 4. The fourth-order valence-corrected chi connectivity index (χ4v) is 4.58. The molecule has 0 aliphatic heterocycles. The fraction of sp³-hybridized carbons (Fsp3) is 0.107. The zero-order valence-electron chi connectivity index (χ0n) is 19.6. The smallest absolute Gasteiger partial charge is 0.496 e. The van der Waals surface area contributed by atoms with E-state index in [9.17, 15) is 4.79 Å². The third-order valence-corrected chi connectivity index (χ3v) is 6.40. The van der Waals surface area contributed by atoms with Gasteiger partial charge in [-0.15, -0.1) is 0 Å². The van der Waals surface area contributed by atoms with Crippen LogP contribution in [0, 0.1) is 0 Å². The average Bonchev–Trinajstić information content (AvgIpc) is 2.88. The number of hydrogen-bond donors (Lipinski definition) is 0. The van der Waals surface area contributed by atoms with Gasteiger partial charge in [0.2, 0.25) is 0 Å². The molecule has 0 saturated carbocycles. The molecule has 0 unspecified atom stereocenters. The summed E-state index contributed by atoms with van der Waals surface area (Å²) in [6.45, 7) is 0.806. The third kappa shape index (κ3) is 7.37. The first-order valence-corrected chi connectivity index (χ1v) is 12.0. The zero-order chi connectivity index (χ0) is 23.8. The van der Waals surface area contributed by atoms with Crippen LogP contribution in [0.2, 0.25) is 5.02 Å². The molecule has 0 atom stereocenters. The first kappa shape index (κ1) is 26.9. The van der Waals surface area contributed by atoms with Crippen molar-refractivity contribution in [3.63, 3.8) is 0 Å². The van der Waals surface area contributed by atoms with Crippen LogP contribution in [0.3, 0.4) is 0 Å². The van der Waals surface area contributed by atoms with Crippen molar-refractivity contribution in [1.29, 1.82) is 0 Å². The van der Waals surface area contributed by atoms with E-state index < -0.39 is 0 Å². The maximum absolute atomic E-state index is 13.2. The summed E-state index contributed by atoms with van der Waals surface area (Å²) in [7, 11) is 1.94. The summed E-state index contributed by atoms with van der Waals surface area (Å²) in [6, 6.07) is 30.5. The van der Waals surface area contributed by atoms with Crippen molar-refractivity contribution in [1.82, 2.24) is 0 Å². The maximum Gasteiger partial charge on any atom is 1.00 e. The van der Waals surface area contributed by atoms with Crippen LogP contribution < -0.4 is 38.4 Å². The molecule has 0 fully saturated rings. The van der Waals surface area contributed by atoms with Gasteiger partial charge >= 0.3 is 18.9 Å². The molecule has 0 aromatic heterocycles. The first-order chi connectivity index (χ1) is 16.6. The molecular formula is C28H23ClLiO4P. The maximum atomic E-state index is 13.2. The number of methoxy groups -OCH3 is 1. The Morgan fingerprint density at radius 2 is 1.40 bits per heavy atom. The van der Waals surface area contributed by atoms with Crippen molar-refractivity contribution in [2.24, 2.45) is 0 Å². The van der Waals surface area contributed by atoms with Gasteiger partial charge in [0.15, 0.2) is 0 Å². The molecule has 0 bridgehead atoms. The van der Waals surface area contributed by atoms with Gasteiger partial charge in [0.05, 0.1) is 17.9 Å². The zero-order valence-corrected chi connectivity index (χ0v) is 21.3. The van der Waals surface area contributed by atoms with Crippen LogP contribution in [0.4, 0.5) is 0 Å². The molecule has 0 aliphatic rings. The number of carbonyl (C=O) groups excluding carboxylic acids is 1. The Bertz CT molecular complexity index is 1250. The molecule has 0 aliphatic carbocycles. The Morgan fingerprint density at radius 3 is 2.03 bits per heavy atom. The monoisotopic (exact) mass is 496 g/mol. The fourth-order valence-electron chi connectivity index (χ4n) is 3.32. The van der Waals surface area contributed by atoms with Crippen molar-refractivity contribution in [3.8, 4) is 17.2 Å². The molecule has 0 spiro atoms. The van der Waals surface area contributed by atoms with Crippen molar-refractivity contribution < 1.29 is 37.9 Å². The molecule has 0 heterocycles. The van der Waals surface area contributed by atoms with E-state index in [-0.39, 0.29) is 24.4 Å². The molecule has 0 saturated heterocycles. The van der Waals surface area contributed by atoms with Crippen LogP contribution in [0.25, 0.3) is 0 Å². The quantitative estimate of drug-likeness (QED) is 0.247. The van der Waals surface area contributed by atoms with Gasteiger partial charge in [-0.1, -0.05) is 84.4 Å². The normalized spacial score (nSPS) is 10.6. The molecule has 0 radical (unpaired) electrons. The van der Waals surface area contributed by atoms with Crippen LogP contribution in [-0.4, -0.2) is 12.6 Å². The average molecular weight is 497 g/mol. The summed E-state index contributed by atoms with van der Waals surface area (Å²) >= 11 is 6.32. The minimum atomic E-state index is -0.176. The topological polar surface area (TPSA) is 44.8 Å². The van der Waals surface area contributed by atoms with Crippen molar-refractivity contribution in [3.05, 3.63) is 119 Å². The molecule has 0 amide bonds. The van der Waals surface area contributed by atoms with Gasteiger partial charge in [0.1, 0.15) is 24.7 Å². The Morgan fingerprint density at radius 1 is 0.771 bits per heavy atom. The van der Waals surface area contributed by atoms with E-state index in [1.807, 2.05) is 78.9 Å². The van der Waals surface area contributed by atoms with Crippen LogP contribution >= 0.6 is 20.2 Å². The molecule has 35 heavy (non-hydrogen) atoms. The Hall–Kier alpha value is -2.73. The SMILES string of the molecule is COc1cccc(Cl)c1C(=O)[P-]c1ccc(OCc2ccccc2)cc1OCc1ccccc1.[Li+]. The van der Waals surface area contributed by atoms with Gasteiger partial charge < -0.3 is 27.6 Å². The predicted molar refractivity (Wildman–Crippen MR) is 137 cm³/mol. The van der Waals surface area contributed by atoms with E-state index in [0.29, 0.717) is 49.6 Å². The van der Waals surface area contributed by atoms with E-state index in [0.717, 1.165) is 16.4 Å². The van der Waals surface area contributed by atoms with Gasteiger partial charge in [-0.3, -0.25) is 0 Å². The second-order valence-electron chi connectivity index (χ2n) is 7.41. The van der Waals surface area contributed by atoms with Crippen LogP contribution in [0.15, 0.2) is 97.1 Å². The van der Waals surface area contributed by atoms with E-state index >= 15 is 0 Å². The van der Waals surface area contributed by atoms with E-state index in [1.165, 1.54) is 7.11 Å². The third-order valence-electron chi connectivity index (χ3n) is 5.05. The minimum absolute atomic E-state index is 0. The molecule has 4 aromatic carbocycles.